The minimum absolute atomic E-state index is 0. The largest absolute Gasteiger partial charge is 0.462 e. The summed E-state index contributed by atoms with van der Waals surface area (Å²) in [5.41, 5.74) is 9.04. The van der Waals surface area contributed by atoms with Crippen molar-refractivity contribution in [3.05, 3.63) is 95.1 Å². The van der Waals surface area contributed by atoms with Gasteiger partial charge in [-0.3, -0.25) is 0 Å². The van der Waals surface area contributed by atoms with Gasteiger partial charge < -0.3 is 34.6 Å². The number of esters is 4. The first kappa shape index (κ1) is 42.2. The van der Waals surface area contributed by atoms with E-state index in [2.05, 4.69) is 9.97 Å². The summed E-state index contributed by atoms with van der Waals surface area (Å²) in [6.45, 7) is 12.8. The molecule has 0 aliphatic heterocycles. The Bertz CT molecular complexity index is 2950. The van der Waals surface area contributed by atoms with E-state index in [9.17, 15) is 19.2 Å². The molecule has 12 bridgehead atoms. The van der Waals surface area contributed by atoms with Gasteiger partial charge in [0.1, 0.15) is 22.3 Å². The number of benzene rings is 2. The molecule has 9 rings (SSSR count). The van der Waals surface area contributed by atoms with E-state index in [1.807, 2.05) is 69.3 Å². The number of rotatable bonds is 8. The van der Waals surface area contributed by atoms with Gasteiger partial charge >= 0.3 is 23.9 Å². The zero-order valence-corrected chi connectivity index (χ0v) is 35.9. The summed E-state index contributed by atoms with van der Waals surface area (Å²) < 4.78 is 22.1. The van der Waals surface area contributed by atoms with Gasteiger partial charge in [0.15, 0.2) is 0 Å². The Morgan fingerprint density at radius 1 is 0.429 bits per heavy atom. The maximum Gasteiger partial charge on any atom is 0.341 e. The lowest BCUT2D eigenvalue weighted by molar-refractivity contribution is 0.0483. The van der Waals surface area contributed by atoms with Crippen LogP contribution in [0, 0.1) is 0 Å². The fourth-order valence-corrected chi connectivity index (χ4v) is 7.49. The summed E-state index contributed by atoms with van der Waals surface area (Å²) in [6.07, 6.45) is 0. The number of nitrogens with two attached hydrogens (primary N) is 1. The van der Waals surface area contributed by atoms with Crippen LogP contribution in [0.5, 0.6) is 0 Å². The molecular formula is C48H45N7O8. The highest BCUT2D eigenvalue weighted by atomic mass is 16.5. The summed E-state index contributed by atoms with van der Waals surface area (Å²) in [6, 6.07) is 21.9. The van der Waals surface area contributed by atoms with E-state index in [0.717, 1.165) is 21.5 Å². The second kappa shape index (κ2) is 16.7. The number of aromatic amines is 2. The molecule has 0 unspecified atom stereocenters. The maximum absolute atomic E-state index is 13.9. The second-order valence-electron chi connectivity index (χ2n) is 15.7. The highest BCUT2D eigenvalue weighted by molar-refractivity contribution is 6.20. The van der Waals surface area contributed by atoms with Crippen molar-refractivity contribution in [2.24, 2.45) is 5.73 Å². The number of pyridine rings is 4. The molecule has 9 aromatic rings. The summed E-state index contributed by atoms with van der Waals surface area (Å²) in [7, 11) is 0. The minimum Gasteiger partial charge on any atom is -0.462 e. The Kier molecular flexibility index (Phi) is 11.2. The van der Waals surface area contributed by atoms with Crippen LogP contribution >= 0.6 is 0 Å². The van der Waals surface area contributed by atoms with Gasteiger partial charge in [-0.25, -0.2) is 39.1 Å². The molecule has 4 N–H and O–H groups in total. The molecule has 0 aliphatic carbocycles. The summed E-state index contributed by atoms with van der Waals surface area (Å²) in [5.74, 6) is -3.01. The molecule has 0 fully saturated rings. The molecule has 2 aromatic carbocycles. The minimum atomic E-state index is -0.752. The van der Waals surface area contributed by atoms with Gasteiger partial charge in [0.25, 0.3) is 0 Å². The lowest BCUT2D eigenvalue weighted by Gasteiger charge is -2.07. The van der Waals surface area contributed by atoms with E-state index in [1.54, 1.807) is 52.0 Å². The third-order valence-electron chi connectivity index (χ3n) is 9.98. The number of hydrogen-bond donors (Lipinski definition) is 3. The third-order valence-corrected chi connectivity index (χ3v) is 9.98. The molecule has 0 spiro atoms. The Labute approximate surface area is 359 Å². The Hall–Kier alpha value is -7.52. The van der Waals surface area contributed by atoms with Gasteiger partial charge in [-0.1, -0.05) is 48.5 Å². The first-order valence-corrected chi connectivity index (χ1v) is 20.7. The predicted octanol–water partition coefficient (Wildman–Crippen LogP) is 9.16. The molecule has 0 saturated heterocycles. The smallest absolute Gasteiger partial charge is 0.341 e. The average Bonchev–Trinajstić information content (AvgIpc) is 3.86. The van der Waals surface area contributed by atoms with Gasteiger partial charge in [0.05, 0.1) is 92.6 Å². The van der Waals surface area contributed by atoms with Crippen LogP contribution in [0.3, 0.4) is 0 Å². The molecule has 0 atom stereocenters. The molecule has 7 heterocycles. The van der Waals surface area contributed by atoms with E-state index in [1.165, 1.54) is 0 Å². The average molecular weight is 848 g/mol. The van der Waals surface area contributed by atoms with E-state index in [4.69, 9.17) is 44.6 Å². The van der Waals surface area contributed by atoms with Crippen LogP contribution < -0.4 is 5.73 Å². The van der Waals surface area contributed by atoms with E-state index in [0.29, 0.717) is 44.1 Å². The van der Waals surface area contributed by atoms with Crippen molar-refractivity contribution >= 4 is 112 Å². The number of fused-ring (bicyclic) bond motifs is 12. The Morgan fingerprint density at radius 2 is 0.619 bits per heavy atom. The van der Waals surface area contributed by atoms with Crippen molar-refractivity contribution in [1.29, 1.82) is 0 Å². The van der Waals surface area contributed by atoms with Crippen molar-refractivity contribution < 1.29 is 38.1 Å². The zero-order valence-electron chi connectivity index (χ0n) is 35.9. The normalized spacial score (nSPS) is 11.7. The van der Waals surface area contributed by atoms with Crippen LogP contribution in [-0.2, 0) is 18.9 Å². The number of aromatic nitrogens is 6. The van der Waals surface area contributed by atoms with Crippen LogP contribution in [0.15, 0.2) is 72.8 Å². The van der Waals surface area contributed by atoms with Gasteiger partial charge in [-0.2, -0.15) is 0 Å². The third kappa shape index (κ3) is 7.82. The molecule has 63 heavy (non-hydrogen) atoms. The standard InChI is InChI=1S/C44H34N6O8.C4H11N/c1-5-55-41(51)29-30(42(52)56-6-2)38-26-18-14-22-11-12-24-16-20-28(48-36(24)35(22)46-26)40-32(44(54)58-8-4)31(43(53)57-7-3)39(50-40)27-19-15-23-10-9-21-13-17-25(37(29)49-38)45-33(21)34(23)47-27;1-4(2,3)5/h9-20,49-50H,5-8H2,1-4H3;5H2,1-3H3. The van der Waals surface area contributed by atoms with Gasteiger partial charge in [-0.05, 0) is 72.7 Å². The van der Waals surface area contributed by atoms with Crippen LogP contribution in [0.2, 0.25) is 0 Å². The lowest BCUT2D eigenvalue weighted by Crippen LogP contribution is -2.26. The number of hydrogen-bond acceptors (Lipinski definition) is 13. The number of H-pyrrole nitrogens is 2. The van der Waals surface area contributed by atoms with Crippen LogP contribution in [0.4, 0.5) is 0 Å². The molecular weight excluding hydrogens is 803 g/mol. The number of ether oxygens (including phenoxy) is 4. The number of carbonyl (C=O) groups is 4. The lowest BCUT2D eigenvalue weighted by atomic mass is 10.1. The Balaban J connectivity index is 0.00000103. The van der Waals surface area contributed by atoms with Crippen LogP contribution in [0.25, 0.3) is 87.7 Å². The maximum atomic E-state index is 13.9. The summed E-state index contributed by atoms with van der Waals surface area (Å²) in [5, 5.41) is 2.88. The molecule has 0 aliphatic rings. The van der Waals surface area contributed by atoms with Crippen LogP contribution in [0.1, 0.15) is 89.9 Å². The van der Waals surface area contributed by atoms with Crippen molar-refractivity contribution in [2.75, 3.05) is 26.4 Å². The number of nitrogens with zero attached hydrogens (tertiary/aromatic N) is 4. The summed E-state index contributed by atoms with van der Waals surface area (Å²) >= 11 is 0. The topological polar surface area (TPSA) is 214 Å². The molecule has 15 heteroatoms. The quantitative estimate of drug-likeness (QED) is 0.0740. The molecule has 320 valence electrons. The van der Waals surface area contributed by atoms with Crippen LogP contribution in [-0.4, -0.2) is 85.7 Å². The fourth-order valence-electron chi connectivity index (χ4n) is 7.49. The summed E-state index contributed by atoms with van der Waals surface area (Å²) in [4.78, 5) is 82.5. The monoisotopic (exact) mass is 847 g/mol. The van der Waals surface area contributed by atoms with Crippen molar-refractivity contribution in [2.45, 2.75) is 54.0 Å². The SMILES string of the molecule is CC(C)(C)N.CCOC(=O)c1c(C(=O)OCC)c2[nH]c1c1ccc3ccc4ccc(nc4c3n1)c1[nH]c(c(C(=O)OCC)c1C(=O)OCC)c1ccc3ccc4ccc2nc4c3n1. The number of carbonyl (C=O) groups excluding carboxylic acids is 4. The van der Waals surface area contributed by atoms with Gasteiger partial charge in [0, 0.05) is 27.1 Å². The first-order chi connectivity index (χ1) is 30.2. The molecule has 0 amide bonds. The molecule has 0 radical (unpaired) electrons. The predicted molar refractivity (Wildman–Crippen MR) is 243 cm³/mol. The Morgan fingerprint density at radius 3 is 0.810 bits per heavy atom. The number of nitrogens with one attached hydrogen (secondary N) is 2. The molecule has 7 aromatic heterocycles. The van der Waals surface area contributed by atoms with Gasteiger partial charge in [-0.15, -0.1) is 0 Å². The van der Waals surface area contributed by atoms with E-state index >= 15 is 0 Å². The second-order valence-corrected chi connectivity index (χ2v) is 15.7. The van der Waals surface area contributed by atoms with Crippen molar-refractivity contribution in [3.63, 3.8) is 0 Å². The van der Waals surface area contributed by atoms with E-state index < -0.39 is 23.9 Å². The fraction of sp³-hybridized carbons (Fsp3) is 0.250. The zero-order chi connectivity index (χ0) is 44.7. The molecule has 0 saturated carbocycles. The first-order valence-electron chi connectivity index (χ1n) is 20.7. The molecule has 15 nitrogen and oxygen atoms in total. The highest BCUT2D eigenvalue weighted by Gasteiger charge is 2.30. The van der Waals surface area contributed by atoms with Gasteiger partial charge in [0.2, 0.25) is 0 Å². The van der Waals surface area contributed by atoms with Crippen molar-refractivity contribution in [3.8, 4) is 0 Å². The highest BCUT2D eigenvalue weighted by Crippen LogP contribution is 2.34. The van der Waals surface area contributed by atoms with E-state index in [-0.39, 0.29) is 76.3 Å². The van der Waals surface area contributed by atoms with Crippen molar-refractivity contribution in [1.82, 2.24) is 29.9 Å².